The van der Waals surface area contributed by atoms with Crippen LogP contribution in [0.2, 0.25) is 0 Å². The number of hydrogen-bond acceptors (Lipinski definition) is 3. The van der Waals surface area contributed by atoms with Gasteiger partial charge in [0.25, 0.3) is 0 Å². The predicted molar refractivity (Wildman–Crippen MR) is 86.2 cm³/mol. The second-order valence-electron chi connectivity index (χ2n) is 5.51. The number of nitrogens with zero attached hydrogens (tertiary/aromatic N) is 1. The molecule has 0 aliphatic carbocycles. The van der Waals surface area contributed by atoms with Gasteiger partial charge in [-0.2, -0.15) is 0 Å². The highest BCUT2D eigenvalue weighted by atomic mass is 16.6. The normalized spacial score (nSPS) is 15.8. The zero-order valence-electron chi connectivity index (χ0n) is 12.8. The van der Waals surface area contributed by atoms with E-state index in [9.17, 15) is 4.79 Å². The van der Waals surface area contributed by atoms with Crippen molar-refractivity contribution in [3.63, 3.8) is 0 Å². The van der Waals surface area contributed by atoms with E-state index >= 15 is 0 Å². The van der Waals surface area contributed by atoms with Crippen LogP contribution in [0.25, 0.3) is 10.8 Å². The Morgan fingerprint density at radius 3 is 2.59 bits per heavy atom. The lowest BCUT2D eigenvalue weighted by Crippen LogP contribution is -2.42. The molecular formula is C18H21NO3. The summed E-state index contributed by atoms with van der Waals surface area (Å²) in [6, 6.07) is 14.4. The van der Waals surface area contributed by atoms with Crippen LogP contribution in [0.5, 0.6) is 5.75 Å². The molecule has 0 aromatic heterocycles. The largest absolute Gasteiger partial charge is 0.490 e. The fourth-order valence-corrected chi connectivity index (χ4v) is 2.80. The third-order valence-corrected chi connectivity index (χ3v) is 3.99. The Balaban J connectivity index is 1.58. The van der Waals surface area contributed by atoms with Crippen LogP contribution in [0.3, 0.4) is 0 Å². The molecule has 0 radical (unpaired) electrons. The molecule has 4 nitrogen and oxygen atoms in total. The molecule has 1 amide bonds. The zero-order chi connectivity index (χ0) is 15.4. The Morgan fingerprint density at radius 2 is 1.86 bits per heavy atom. The second kappa shape index (κ2) is 6.69. The molecule has 0 spiro atoms. The number of amides is 1. The van der Waals surface area contributed by atoms with Crippen molar-refractivity contribution in [2.45, 2.75) is 25.9 Å². The summed E-state index contributed by atoms with van der Waals surface area (Å²) in [5.74, 6) is 0.897. The van der Waals surface area contributed by atoms with Crippen molar-refractivity contribution in [1.82, 2.24) is 4.90 Å². The van der Waals surface area contributed by atoms with Crippen molar-refractivity contribution in [2.75, 3.05) is 19.7 Å². The minimum atomic E-state index is -0.216. The first kappa shape index (κ1) is 14.7. The summed E-state index contributed by atoms with van der Waals surface area (Å²) in [6.45, 7) is 3.63. The topological polar surface area (TPSA) is 38.8 Å². The van der Waals surface area contributed by atoms with Crippen LogP contribution in [-0.2, 0) is 4.74 Å². The number of piperidine rings is 1. The molecule has 3 rings (SSSR count). The molecule has 0 saturated carbocycles. The van der Waals surface area contributed by atoms with Crippen molar-refractivity contribution < 1.29 is 14.3 Å². The fourth-order valence-electron chi connectivity index (χ4n) is 2.80. The van der Waals surface area contributed by atoms with E-state index in [4.69, 9.17) is 9.47 Å². The lowest BCUT2D eigenvalue weighted by Gasteiger charge is -2.31. The number of hydrogen-bond donors (Lipinski definition) is 0. The van der Waals surface area contributed by atoms with Gasteiger partial charge in [-0.05, 0) is 29.8 Å². The SMILES string of the molecule is CCOC(=O)N1CCC(Oc2ccc3ccccc3c2)CC1. The maximum atomic E-state index is 11.7. The molecule has 116 valence electrons. The van der Waals surface area contributed by atoms with Crippen LogP contribution in [0.1, 0.15) is 19.8 Å². The molecule has 1 aliphatic heterocycles. The molecule has 2 aromatic carbocycles. The average molecular weight is 299 g/mol. The van der Waals surface area contributed by atoms with Crippen molar-refractivity contribution in [3.05, 3.63) is 42.5 Å². The van der Waals surface area contributed by atoms with E-state index in [-0.39, 0.29) is 12.2 Å². The minimum absolute atomic E-state index is 0.159. The standard InChI is InChI=1S/C18H21NO3/c1-2-21-18(20)19-11-9-16(10-12-19)22-17-8-7-14-5-3-4-6-15(14)13-17/h3-8,13,16H,2,9-12H2,1H3. The summed E-state index contributed by atoms with van der Waals surface area (Å²) in [7, 11) is 0. The summed E-state index contributed by atoms with van der Waals surface area (Å²) < 4.78 is 11.1. The van der Waals surface area contributed by atoms with E-state index in [2.05, 4.69) is 24.3 Å². The number of carbonyl (C=O) groups excluding carboxylic acids is 1. The van der Waals surface area contributed by atoms with Crippen molar-refractivity contribution in [3.8, 4) is 5.75 Å². The monoisotopic (exact) mass is 299 g/mol. The van der Waals surface area contributed by atoms with E-state index in [0.717, 1.165) is 18.6 Å². The van der Waals surface area contributed by atoms with Gasteiger partial charge in [-0.1, -0.05) is 30.3 Å². The first-order valence-electron chi connectivity index (χ1n) is 7.83. The highest BCUT2D eigenvalue weighted by Crippen LogP contribution is 2.24. The molecule has 2 aromatic rings. The number of fused-ring (bicyclic) bond motifs is 1. The molecule has 1 heterocycles. The van der Waals surface area contributed by atoms with Gasteiger partial charge in [-0.25, -0.2) is 4.79 Å². The Labute approximate surface area is 130 Å². The van der Waals surface area contributed by atoms with E-state index in [1.54, 1.807) is 4.90 Å². The van der Waals surface area contributed by atoms with Gasteiger partial charge in [0, 0.05) is 25.9 Å². The van der Waals surface area contributed by atoms with Crippen LogP contribution in [-0.4, -0.2) is 36.8 Å². The number of ether oxygens (including phenoxy) is 2. The number of rotatable bonds is 3. The third kappa shape index (κ3) is 3.32. The Bertz CT molecular complexity index is 648. The molecule has 22 heavy (non-hydrogen) atoms. The summed E-state index contributed by atoms with van der Waals surface area (Å²) >= 11 is 0. The molecule has 1 fully saturated rings. The van der Waals surface area contributed by atoms with E-state index in [1.807, 2.05) is 25.1 Å². The van der Waals surface area contributed by atoms with E-state index < -0.39 is 0 Å². The molecule has 0 atom stereocenters. The van der Waals surface area contributed by atoms with Gasteiger partial charge in [0.2, 0.25) is 0 Å². The van der Waals surface area contributed by atoms with Crippen molar-refractivity contribution in [1.29, 1.82) is 0 Å². The van der Waals surface area contributed by atoms with E-state index in [0.29, 0.717) is 19.7 Å². The number of likely N-dealkylation sites (tertiary alicyclic amines) is 1. The fraction of sp³-hybridized carbons (Fsp3) is 0.389. The summed E-state index contributed by atoms with van der Waals surface area (Å²) in [4.78, 5) is 13.4. The maximum Gasteiger partial charge on any atom is 0.409 e. The van der Waals surface area contributed by atoms with E-state index in [1.165, 1.54) is 10.8 Å². The van der Waals surface area contributed by atoms with Crippen molar-refractivity contribution >= 4 is 16.9 Å². The lowest BCUT2D eigenvalue weighted by atomic mass is 10.1. The number of benzene rings is 2. The van der Waals surface area contributed by atoms with Crippen LogP contribution >= 0.6 is 0 Å². The van der Waals surface area contributed by atoms with Gasteiger partial charge < -0.3 is 14.4 Å². The summed E-state index contributed by atoms with van der Waals surface area (Å²) in [5.41, 5.74) is 0. The molecule has 0 N–H and O–H groups in total. The Morgan fingerprint density at radius 1 is 1.14 bits per heavy atom. The van der Waals surface area contributed by atoms with Gasteiger partial charge in [-0.3, -0.25) is 0 Å². The second-order valence-corrected chi connectivity index (χ2v) is 5.51. The molecule has 0 bridgehead atoms. The quantitative estimate of drug-likeness (QED) is 0.864. The molecular weight excluding hydrogens is 278 g/mol. The smallest absolute Gasteiger partial charge is 0.409 e. The van der Waals surface area contributed by atoms with Crippen LogP contribution in [0.15, 0.2) is 42.5 Å². The van der Waals surface area contributed by atoms with Crippen molar-refractivity contribution in [2.24, 2.45) is 0 Å². The predicted octanol–water partition coefficient (Wildman–Crippen LogP) is 3.84. The molecule has 1 saturated heterocycles. The number of carbonyl (C=O) groups is 1. The molecule has 1 aliphatic rings. The van der Waals surface area contributed by atoms with Crippen LogP contribution in [0, 0.1) is 0 Å². The summed E-state index contributed by atoms with van der Waals surface area (Å²) in [6.07, 6.45) is 1.62. The molecule has 4 heteroatoms. The summed E-state index contributed by atoms with van der Waals surface area (Å²) in [5, 5.41) is 2.40. The van der Waals surface area contributed by atoms with Gasteiger partial charge in [-0.15, -0.1) is 0 Å². The zero-order valence-corrected chi connectivity index (χ0v) is 12.8. The Kier molecular flexibility index (Phi) is 4.47. The highest BCUT2D eigenvalue weighted by molar-refractivity contribution is 5.83. The van der Waals surface area contributed by atoms with Gasteiger partial charge in [0.05, 0.1) is 6.61 Å². The maximum absolute atomic E-state index is 11.7. The lowest BCUT2D eigenvalue weighted by molar-refractivity contribution is 0.0704. The Hall–Kier alpha value is -2.23. The highest BCUT2D eigenvalue weighted by Gasteiger charge is 2.24. The first-order valence-corrected chi connectivity index (χ1v) is 7.83. The molecule has 0 unspecified atom stereocenters. The van der Waals surface area contributed by atoms with Crippen LogP contribution < -0.4 is 4.74 Å². The third-order valence-electron chi connectivity index (χ3n) is 3.99. The van der Waals surface area contributed by atoms with Gasteiger partial charge in [0.1, 0.15) is 11.9 Å². The van der Waals surface area contributed by atoms with Crippen LogP contribution in [0.4, 0.5) is 4.79 Å². The van der Waals surface area contributed by atoms with Gasteiger partial charge in [0.15, 0.2) is 0 Å². The average Bonchev–Trinajstić information content (AvgIpc) is 2.56. The first-order chi connectivity index (χ1) is 10.8. The minimum Gasteiger partial charge on any atom is -0.490 e. The van der Waals surface area contributed by atoms with Gasteiger partial charge >= 0.3 is 6.09 Å².